The minimum absolute atomic E-state index is 0.0319. The number of aryl methyl sites for hydroxylation is 1. The Morgan fingerprint density at radius 1 is 1.00 bits per heavy atom. The fourth-order valence-corrected chi connectivity index (χ4v) is 4.15. The van der Waals surface area contributed by atoms with E-state index in [1.54, 1.807) is 12.5 Å². The number of furan rings is 2. The third-order valence-electron chi connectivity index (χ3n) is 5.30. The van der Waals surface area contributed by atoms with Crippen molar-refractivity contribution in [3.8, 4) is 0 Å². The zero-order valence-corrected chi connectivity index (χ0v) is 12.4. The Morgan fingerprint density at radius 2 is 1.67 bits per heavy atom. The molecule has 3 heteroatoms. The smallest absolute Gasteiger partial charge is 0.138 e. The van der Waals surface area contributed by atoms with E-state index in [2.05, 4.69) is 13.0 Å². The van der Waals surface area contributed by atoms with Crippen LogP contribution < -0.4 is 5.73 Å². The highest BCUT2D eigenvalue weighted by Crippen LogP contribution is 2.46. The highest BCUT2D eigenvalue weighted by atomic mass is 16.3. The molecule has 1 aromatic carbocycles. The zero-order chi connectivity index (χ0) is 14.4. The minimum atomic E-state index is 0.0319. The maximum Gasteiger partial charge on any atom is 0.138 e. The van der Waals surface area contributed by atoms with E-state index in [0.717, 1.165) is 35.0 Å². The first-order chi connectivity index (χ1) is 10.3. The van der Waals surface area contributed by atoms with Crippen LogP contribution in [0.15, 0.2) is 33.5 Å². The van der Waals surface area contributed by atoms with Crippen LogP contribution in [0.4, 0.5) is 0 Å². The fraction of sp³-hybridized carbons (Fsp3) is 0.444. The van der Waals surface area contributed by atoms with Gasteiger partial charge in [0.25, 0.3) is 0 Å². The first kappa shape index (κ1) is 13.0. The second kappa shape index (κ2) is 4.63. The predicted molar refractivity (Wildman–Crippen MR) is 84.5 cm³/mol. The predicted octanol–water partition coefficient (Wildman–Crippen LogP) is 4.65. The number of benzene rings is 1. The van der Waals surface area contributed by atoms with Gasteiger partial charge < -0.3 is 14.6 Å². The SMILES string of the molecule is Cc1c2ccoc2c(C2(CN)CCCCC2)c2ccoc12. The summed E-state index contributed by atoms with van der Waals surface area (Å²) in [6.07, 6.45) is 9.65. The topological polar surface area (TPSA) is 52.3 Å². The second-order valence-corrected chi connectivity index (χ2v) is 6.37. The Morgan fingerprint density at radius 3 is 2.38 bits per heavy atom. The summed E-state index contributed by atoms with van der Waals surface area (Å²) < 4.78 is 11.7. The number of rotatable bonds is 2. The average Bonchev–Trinajstić information content (AvgIpc) is 3.17. The van der Waals surface area contributed by atoms with Crippen LogP contribution >= 0.6 is 0 Å². The van der Waals surface area contributed by atoms with Crippen molar-refractivity contribution < 1.29 is 8.83 Å². The molecule has 1 aliphatic rings. The van der Waals surface area contributed by atoms with Gasteiger partial charge in [-0.05, 0) is 31.9 Å². The van der Waals surface area contributed by atoms with Gasteiger partial charge in [0.1, 0.15) is 11.2 Å². The molecule has 0 atom stereocenters. The van der Waals surface area contributed by atoms with E-state index in [1.807, 2.05) is 6.07 Å². The van der Waals surface area contributed by atoms with Crippen LogP contribution in [0.2, 0.25) is 0 Å². The highest BCUT2D eigenvalue weighted by Gasteiger charge is 2.37. The summed E-state index contributed by atoms with van der Waals surface area (Å²) in [4.78, 5) is 0. The maximum atomic E-state index is 6.26. The van der Waals surface area contributed by atoms with Crippen LogP contribution in [-0.4, -0.2) is 6.54 Å². The van der Waals surface area contributed by atoms with Gasteiger partial charge in [-0.25, -0.2) is 0 Å². The lowest BCUT2D eigenvalue weighted by Crippen LogP contribution is -2.37. The summed E-state index contributed by atoms with van der Waals surface area (Å²) in [6.45, 7) is 2.77. The van der Waals surface area contributed by atoms with E-state index in [-0.39, 0.29) is 5.41 Å². The Bertz CT molecular complexity index is 738. The van der Waals surface area contributed by atoms with E-state index in [4.69, 9.17) is 14.6 Å². The molecular weight excluding hydrogens is 262 g/mol. The normalized spacial score (nSPS) is 18.6. The van der Waals surface area contributed by atoms with Gasteiger partial charge in [-0.15, -0.1) is 0 Å². The molecule has 0 aliphatic heterocycles. The monoisotopic (exact) mass is 283 g/mol. The molecule has 3 nitrogen and oxygen atoms in total. The van der Waals surface area contributed by atoms with E-state index in [9.17, 15) is 0 Å². The first-order valence-electron chi connectivity index (χ1n) is 7.84. The molecule has 4 rings (SSSR count). The molecule has 110 valence electrons. The van der Waals surface area contributed by atoms with Gasteiger partial charge in [-0.3, -0.25) is 0 Å². The van der Waals surface area contributed by atoms with Crippen molar-refractivity contribution in [3.63, 3.8) is 0 Å². The lowest BCUT2D eigenvalue weighted by molar-refractivity contribution is 0.302. The average molecular weight is 283 g/mol. The molecule has 0 saturated heterocycles. The van der Waals surface area contributed by atoms with Gasteiger partial charge in [0, 0.05) is 33.9 Å². The molecule has 0 amide bonds. The second-order valence-electron chi connectivity index (χ2n) is 6.37. The molecule has 2 N–H and O–H groups in total. The van der Waals surface area contributed by atoms with Gasteiger partial charge >= 0.3 is 0 Å². The fourth-order valence-electron chi connectivity index (χ4n) is 4.15. The Labute approximate surface area is 124 Å². The van der Waals surface area contributed by atoms with Gasteiger partial charge in [-0.1, -0.05) is 19.3 Å². The van der Waals surface area contributed by atoms with Crippen molar-refractivity contribution in [1.82, 2.24) is 0 Å². The summed E-state index contributed by atoms with van der Waals surface area (Å²) in [6, 6.07) is 4.12. The summed E-state index contributed by atoms with van der Waals surface area (Å²) in [5.74, 6) is 0. The number of nitrogens with two attached hydrogens (primary N) is 1. The van der Waals surface area contributed by atoms with Crippen molar-refractivity contribution in [2.75, 3.05) is 6.54 Å². The highest BCUT2D eigenvalue weighted by molar-refractivity contribution is 6.02. The maximum absolute atomic E-state index is 6.26. The van der Waals surface area contributed by atoms with Crippen LogP contribution in [0.1, 0.15) is 43.2 Å². The van der Waals surface area contributed by atoms with Crippen molar-refractivity contribution >= 4 is 21.9 Å². The van der Waals surface area contributed by atoms with Crippen molar-refractivity contribution in [1.29, 1.82) is 0 Å². The Balaban J connectivity index is 2.11. The van der Waals surface area contributed by atoms with Gasteiger partial charge in [-0.2, -0.15) is 0 Å². The van der Waals surface area contributed by atoms with Crippen LogP contribution in [0, 0.1) is 6.92 Å². The van der Waals surface area contributed by atoms with E-state index >= 15 is 0 Å². The standard InChI is InChI=1S/C18H21NO2/c1-12-13-5-9-21-17(13)15(14-6-10-20-16(12)14)18(11-19)7-3-2-4-8-18/h5-6,9-10H,2-4,7-8,11,19H2,1H3. The quantitative estimate of drug-likeness (QED) is 0.745. The molecule has 0 radical (unpaired) electrons. The van der Waals surface area contributed by atoms with Crippen LogP contribution in [-0.2, 0) is 5.41 Å². The van der Waals surface area contributed by atoms with Crippen LogP contribution in [0.25, 0.3) is 21.9 Å². The Hall–Kier alpha value is -1.74. The van der Waals surface area contributed by atoms with Gasteiger partial charge in [0.05, 0.1) is 12.5 Å². The minimum Gasteiger partial charge on any atom is -0.464 e. The van der Waals surface area contributed by atoms with E-state index in [1.165, 1.54) is 30.2 Å². The summed E-state index contributed by atoms with van der Waals surface area (Å²) in [7, 11) is 0. The molecule has 0 unspecified atom stereocenters. The molecule has 1 fully saturated rings. The van der Waals surface area contributed by atoms with Gasteiger partial charge in [0.15, 0.2) is 0 Å². The molecule has 1 aliphatic carbocycles. The zero-order valence-electron chi connectivity index (χ0n) is 12.4. The van der Waals surface area contributed by atoms with Crippen LogP contribution in [0.3, 0.4) is 0 Å². The molecule has 21 heavy (non-hydrogen) atoms. The third-order valence-corrected chi connectivity index (χ3v) is 5.30. The molecule has 2 aromatic heterocycles. The Kier molecular flexibility index (Phi) is 2.86. The molecule has 0 bridgehead atoms. The molecule has 1 saturated carbocycles. The number of hydrogen-bond acceptors (Lipinski definition) is 3. The molecule has 0 spiro atoms. The number of fused-ring (bicyclic) bond motifs is 2. The number of hydrogen-bond donors (Lipinski definition) is 1. The lowest BCUT2D eigenvalue weighted by atomic mass is 9.68. The van der Waals surface area contributed by atoms with Crippen molar-refractivity contribution in [2.45, 2.75) is 44.4 Å². The van der Waals surface area contributed by atoms with Crippen LogP contribution in [0.5, 0.6) is 0 Å². The molecular formula is C18H21NO2. The third kappa shape index (κ3) is 1.70. The van der Waals surface area contributed by atoms with E-state index < -0.39 is 0 Å². The first-order valence-corrected chi connectivity index (χ1v) is 7.84. The molecule has 2 heterocycles. The molecule has 3 aromatic rings. The summed E-state index contributed by atoms with van der Waals surface area (Å²) in [5.41, 5.74) is 10.7. The van der Waals surface area contributed by atoms with E-state index in [0.29, 0.717) is 6.54 Å². The van der Waals surface area contributed by atoms with Gasteiger partial charge in [0.2, 0.25) is 0 Å². The summed E-state index contributed by atoms with van der Waals surface area (Å²) >= 11 is 0. The van der Waals surface area contributed by atoms with Crippen molar-refractivity contribution in [3.05, 3.63) is 35.8 Å². The lowest BCUT2D eigenvalue weighted by Gasteiger charge is -2.37. The largest absolute Gasteiger partial charge is 0.464 e. The van der Waals surface area contributed by atoms with Crippen molar-refractivity contribution in [2.24, 2.45) is 5.73 Å². The summed E-state index contributed by atoms with van der Waals surface area (Å²) in [5, 5.41) is 2.34.